The zero-order valence-corrected chi connectivity index (χ0v) is 43.1. The summed E-state index contributed by atoms with van der Waals surface area (Å²) >= 11 is 13.2. The molecular formula is C38H86O14S8. The number of aliphatic hydroxyl groups is 14. The van der Waals surface area contributed by atoms with Crippen LogP contribution in [0, 0.1) is 0 Å². The summed E-state index contributed by atoms with van der Waals surface area (Å²) in [5.74, 6) is 12.7. The first kappa shape index (κ1) is 73.5. The lowest BCUT2D eigenvalue weighted by Gasteiger charge is -2.07. The van der Waals surface area contributed by atoms with Crippen LogP contribution in [0.15, 0.2) is 12.0 Å². The predicted octanol–water partition coefficient (Wildman–Crippen LogP) is 1.65. The van der Waals surface area contributed by atoms with Crippen LogP contribution in [0.5, 0.6) is 0 Å². The predicted molar refractivity (Wildman–Crippen MR) is 272 cm³/mol. The molecule has 14 nitrogen and oxygen atoms in total. The minimum Gasteiger partial charge on any atom is -0.394 e. The van der Waals surface area contributed by atoms with Crippen LogP contribution in [-0.2, 0) is 0 Å². The average molecular weight is 1020 g/mol. The van der Waals surface area contributed by atoms with E-state index in [4.69, 9.17) is 71.5 Å². The van der Waals surface area contributed by atoms with Crippen LogP contribution in [0.2, 0.25) is 0 Å². The van der Waals surface area contributed by atoms with E-state index in [0.717, 1.165) is 53.1 Å². The summed E-state index contributed by atoms with van der Waals surface area (Å²) in [6, 6.07) is 0. The van der Waals surface area contributed by atoms with Crippen molar-refractivity contribution in [3.8, 4) is 0 Å². The molecule has 0 aromatic rings. The molecule has 0 fully saturated rings. The SMILES string of the molecule is C=CSCC(O)CO.CCCSCCSCC(O)CO.CCSCC(O)CO.CCSCC(O)CO.CCSCC(O)CO.OCC(O)CSCCCCSCC(O)CO. The molecule has 0 bridgehead atoms. The maximum atomic E-state index is 9.06. The first-order valence-electron chi connectivity index (χ1n) is 20.0. The van der Waals surface area contributed by atoms with E-state index in [1.54, 1.807) is 76.0 Å². The third-order valence-electron chi connectivity index (χ3n) is 5.90. The summed E-state index contributed by atoms with van der Waals surface area (Å²) in [6.45, 7) is 10.7. The van der Waals surface area contributed by atoms with Crippen molar-refractivity contribution in [2.24, 2.45) is 0 Å². The quantitative estimate of drug-likeness (QED) is 0.0402. The molecule has 0 heterocycles. The van der Waals surface area contributed by atoms with Gasteiger partial charge in [0.15, 0.2) is 0 Å². The van der Waals surface area contributed by atoms with Gasteiger partial charge in [0, 0.05) is 51.8 Å². The molecule has 0 spiro atoms. The van der Waals surface area contributed by atoms with Crippen LogP contribution >= 0.6 is 94.1 Å². The Morgan fingerprint density at radius 2 is 0.600 bits per heavy atom. The molecule has 0 rings (SSSR count). The minimum absolute atomic E-state index is 0.116. The number of aliphatic hydroxyl groups excluding tert-OH is 14. The van der Waals surface area contributed by atoms with Crippen LogP contribution in [0.4, 0.5) is 0 Å². The molecule has 7 unspecified atom stereocenters. The van der Waals surface area contributed by atoms with Crippen LogP contribution in [0.25, 0.3) is 0 Å². The monoisotopic (exact) mass is 1020 g/mol. The second kappa shape index (κ2) is 67.6. The number of rotatable bonds is 35. The van der Waals surface area contributed by atoms with Gasteiger partial charge in [-0.3, -0.25) is 0 Å². The number of thioether (sulfide) groups is 8. The lowest BCUT2D eigenvalue weighted by Crippen LogP contribution is -2.15. The van der Waals surface area contributed by atoms with E-state index in [0.29, 0.717) is 40.3 Å². The molecule has 60 heavy (non-hydrogen) atoms. The van der Waals surface area contributed by atoms with Gasteiger partial charge in [-0.1, -0.05) is 34.3 Å². The van der Waals surface area contributed by atoms with Crippen molar-refractivity contribution in [1.82, 2.24) is 0 Å². The maximum Gasteiger partial charge on any atom is 0.0864 e. The molecule has 0 amide bonds. The number of hydrogen-bond acceptors (Lipinski definition) is 22. The Kier molecular flexibility index (Phi) is 82.8. The molecule has 0 aliphatic rings. The van der Waals surface area contributed by atoms with E-state index in [-0.39, 0.29) is 46.2 Å². The van der Waals surface area contributed by atoms with Gasteiger partial charge in [0.1, 0.15) is 0 Å². The average Bonchev–Trinajstić information content (AvgIpc) is 3.28. The topological polar surface area (TPSA) is 283 Å². The molecule has 0 saturated heterocycles. The fourth-order valence-electron chi connectivity index (χ4n) is 2.74. The standard InChI is InChI=1S/C10H22O4S2.C8H18O2S2.3C5H12O2S.C5H10O2S/c11-5-9(13)7-15-3-1-2-4-16-8-10(14)6-12;1-2-3-11-4-5-12-7-8(10)6-9;4*1-2-8-4-5(7)3-6/h9-14H,1-8H2;8-10H,2-7H2,1H3;3*5-7H,2-4H2,1H3;2,5-7H,1,3-4H2. The van der Waals surface area contributed by atoms with Crippen molar-refractivity contribution < 1.29 is 71.5 Å². The zero-order chi connectivity index (χ0) is 47.1. The van der Waals surface area contributed by atoms with E-state index in [1.807, 2.05) is 32.5 Å². The molecule has 0 radical (unpaired) electrons. The van der Waals surface area contributed by atoms with Gasteiger partial charge in [-0.2, -0.15) is 82.3 Å². The molecule has 370 valence electrons. The lowest BCUT2D eigenvalue weighted by atomic mass is 10.4. The smallest absolute Gasteiger partial charge is 0.0864 e. The fraction of sp³-hybridized carbons (Fsp3) is 0.947. The van der Waals surface area contributed by atoms with Gasteiger partial charge < -0.3 is 71.5 Å². The van der Waals surface area contributed by atoms with Crippen molar-refractivity contribution in [3.05, 3.63) is 12.0 Å². The fourth-order valence-corrected chi connectivity index (χ4v) is 8.93. The highest BCUT2D eigenvalue weighted by molar-refractivity contribution is 8.03. The van der Waals surface area contributed by atoms with E-state index in [1.165, 1.54) is 23.9 Å². The lowest BCUT2D eigenvalue weighted by molar-refractivity contribution is 0.113. The molecule has 0 saturated carbocycles. The van der Waals surface area contributed by atoms with Crippen LogP contribution in [0.1, 0.15) is 47.0 Å². The minimum atomic E-state index is -0.599. The molecule has 7 atom stereocenters. The van der Waals surface area contributed by atoms with Crippen LogP contribution in [0.3, 0.4) is 0 Å². The van der Waals surface area contributed by atoms with Gasteiger partial charge in [0.05, 0.1) is 89.0 Å². The first-order chi connectivity index (χ1) is 28.7. The highest BCUT2D eigenvalue weighted by Crippen LogP contribution is 2.11. The molecule has 0 aromatic heterocycles. The normalized spacial score (nSPS) is 14.0. The van der Waals surface area contributed by atoms with Gasteiger partial charge in [-0.15, -0.1) is 11.8 Å². The first-order valence-corrected chi connectivity index (χ1v) is 29.2. The van der Waals surface area contributed by atoms with E-state index in [9.17, 15) is 0 Å². The summed E-state index contributed by atoms with van der Waals surface area (Å²) in [5.41, 5.74) is 0. The van der Waals surface area contributed by atoms with Gasteiger partial charge in [-0.25, -0.2) is 0 Å². The summed E-state index contributed by atoms with van der Waals surface area (Å²) < 4.78 is 0. The molecule has 0 aromatic carbocycles. The van der Waals surface area contributed by atoms with E-state index < -0.39 is 42.7 Å². The Balaban J connectivity index is -0.000000150. The van der Waals surface area contributed by atoms with Crippen molar-refractivity contribution in [2.45, 2.75) is 89.7 Å². The van der Waals surface area contributed by atoms with Gasteiger partial charge >= 0.3 is 0 Å². The Morgan fingerprint density at radius 1 is 0.350 bits per heavy atom. The number of unbranched alkanes of at least 4 members (excludes halogenated alkanes) is 1. The summed E-state index contributed by atoms with van der Waals surface area (Å²) in [6.07, 6.45) is -0.535. The Hall–Kier alpha value is 1.98. The Labute approximate surface area is 397 Å². The molecule has 0 aliphatic heterocycles. The summed E-state index contributed by atoms with van der Waals surface area (Å²) in [7, 11) is 0. The number of hydrogen-bond donors (Lipinski definition) is 14. The van der Waals surface area contributed by atoms with Gasteiger partial charge in [0.25, 0.3) is 0 Å². The Morgan fingerprint density at radius 3 is 0.850 bits per heavy atom. The largest absolute Gasteiger partial charge is 0.394 e. The van der Waals surface area contributed by atoms with E-state index >= 15 is 0 Å². The van der Waals surface area contributed by atoms with E-state index in [2.05, 4.69) is 13.5 Å². The van der Waals surface area contributed by atoms with Gasteiger partial charge in [0.2, 0.25) is 0 Å². The second-order valence-corrected chi connectivity index (χ2v) is 21.5. The summed E-state index contributed by atoms with van der Waals surface area (Å²) in [5, 5.41) is 122. The van der Waals surface area contributed by atoms with Crippen molar-refractivity contribution in [3.63, 3.8) is 0 Å². The molecule has 0 aliphatic carbocycles. The van der Waals surface area contributed by atoms with Gasteiger partial charge in [-0.05, 0) is 59.2 Å². The zero-order valence-electron chi connectivity index (χ0n) is 36.5. The highest BCUT2D eigenvalue weighted by atomic mass is 32.2. The summed E-state index contributed by atoms with van der Waals surface area (Å²) in [4.78, 5) is 0. The third kappa shape index (κ3) is 80.3. The van der Waals surface area contributed by atoms with Crippen LogP contribution < -0.4 is 0 Å². The second-order valence-electron chi connectivity index (χ2n) is 11.9. The van der Waals surface area contributed by atoms with Crippen molar-refractivity contribution in [1.29, 1.82) is 0 Å². The molecule has 14 N–H and O–H groups in total. The van der Waals surface area contributed by atoms with Crippen molar-refractivity contribution in [2.75, 3.05) is 133 Å². The third-order valence-corrected chi connectivity index (χ3v) is 14.8. The Bertz CT molecular complexity index is 691. The van der Waals surface area contributed by atoms with Crippen LogP contribution in [-0.4, -0.2) is 247 Å². The highest BCUT2D eigenvalue weighted by Gasteiger charge is 2.04. The van der Waals surface area contributed by atoms with Crippen molar-refractivity contribution >= 4 is 94.1 Å². The molecular weight excluding hydrogens is 937 g/mol. The maximum absolute atomic E-state index is 9.06. The molecule has 22 heteroatoms.